The quantitative estimate of drug-likeness (QED) is 0.631. The highest BCUT2D eigenvalue weighted by Crippen LogP contribution is 1.91. The van der Waals surface area contributed by atoms with Gasteiger partial charge in [0, 0.05) is 38.6 Å². The van der Waals surface area contributed by atoms with Gasteiger partial charge in [-0.2, -0.15) is 16.8 Å². The number of aromatic nitrogens is 4. The first-order chi connectivity index (χ1) is 11.3. The van der Waals surface area contributed by atoms with Gasteiger partial charge in [-0.3, -0.25) is 27.8 Å². The summed E-state index contributed by atoms with van der Waals surface area (Å²) in [4.78, 5) is 28.2. The van der Waals surface area contributed by atoms with Crippen LogP contribution < -0.4 is 0 Å². The maximum Gasteiger partial charge on any atom is 0.413 e. The van der Waals surface area contributed by atoms with Gasteiger partial charge in [0.2, 0.25) is 11.8 Å². The molecular formula is C10H14N4O9S2. The third kappa shape index (κ3) is 12.6. The summed E-state index contributed by atoms with van der Waals surface area (Å²) in [7, 11) is -10.2. The molecule has 0 spiro atoms. The molecule has 2 rings (SSSR count). The summed E-state index contributed by atoms with van der Waals surface area (Å²) >= 11 is 0. The predicted octanol–water partition coefficient (Wildman–Crippen LogP) is -0.305. The molecule has 0 atom stereocenters. The van der Waals surface area contributed by atoms with Crippen molar-refractivity contribution in [3.63, 3.8) is 0 Å². The van der Waals surface area contributed by atoms with Crippen LogP contribution in [0.1, 0.15) is 23.4 Å². The maximum atomic E-state index is 10.4. The average molecular weight is 398 g/mol. The number of carbonyl (C=O) groups excluding carboxylic acids is 2. The van der Waals surface area contributed by atoms with Crippen LogP contribution in [0.3, 0.4) is 0 Å². The van der Waals surface area contributed by atoms with Crippen LogP contribution in [-0.2, 0) is 24.4 Å². The Morgan fingerprint density at radius 2 is 1.16 bits per heavy atom. The molecule has 0 radical (unpaired) electrons. The molecule has 0 aromatic carbocycles. The minimum Gasteiger partial charge on any atom is -0.277 e. The van der Waals surface area contributed by atoms with Crippen LogP contribution >= 0.6 is 0 Å². The van der Waals surface area contributed by atoms with Crippen LogP contribution in [0.2, 0.25) is 0 Å². The molecule has 0 fully saturated rings. The van der Waals surface area contributed by atoms with Gasteiger partial charge in [0.05, 0.1) is 0 Å². The second-order valence-corrected chi connectivity index (χ2v) is 6.16. The van der Waals surface area contributed by atoms with Crippen molar-refractivity contribution < 1.29 is 39.2 Å². The molecule has 140 valence electrons. The van der Waals surface area contributed by atoms with Crippen LogP contribution in [-0.4, -0.2) is 56.9 Å². The van der Waals surface area contributed by atoms with E-state index in [4.69, 9.17) is 9.11 Å². The van der Waals surface area contributed by atoms with Gasteiger partial charge in [-0.15, -0.1) is 3.63 Å². The third-order valence-corrected chi connectivity index (χ3v) is 3.28. The van der Waals surface area contributed by atoms with Gasteiger partial charge in [-0.25, -0.2) is 9.97 Å². The fourth-order valence-corrected chi connectivity index (χ4v) is 1.87. The first-order valence-electron chi connectivity index (χ1n) is 5.95. The van der Waals surface area contributed by atoms with Gasteiger partial charge in [-0.05, 0) is 0 Å². The summed E-state index contributed by atoms with van der Waals surface area (Å²) in [6, 6.07) is 0. The lowest BCUT2D eigenvalue weighted by Gasteiger charge is -1.89. The molecule has 13 nitrogen and oxygen atoms in total. The van der Waals surface area contributed by atoms with Gasteiger partial charge in [0.25, 0.3) is 0 Å². The Labute approximate surface area is 142 Å². The highest BCUT2D eigenvalue weighted by Gasteiger charge is 2.15. The topological polar surface area (TPSA) is 188 Å². The van der Waals surface area contributed by atoms with E-state index in [1.54, 1.807) is 24.8 Å². The summed E-state index contributed by atoms with van der Waals surface area (Å²) in [6.45, 7) is 2.98. The monoisotopic (exact) mass is 398 g/mol. The normalized spacial score (nSPS) is 10.7. The van der Waals surface area contributed by atoms with Crippen molar-refractivity contribution in [2.24, 2.45) is 0 Å². The zero-order valence-electron chi connectivity index (χ0n) is 12.8. The molecular weight excluding hydrogens is 384 g/mol. The highest BCUT2D eigenvalue weighted by molar-refractivity contribution is 7.94. The summed E-state index contributed by atoms with van der Waals surface area (Å²) in [5.74, 6) is -0.0231. The maximum absolute atomic E-state index is 10.4. The van der Waals surface area contributed by atoms with Gasteiger partial charge in [-0.1, -0.05) is 0 Å². The predicted molar refractivity (Wildman–Crippen MR) is 81.2 cm³/mol. The Balaban J connectivity index is 0.000000346. The zero-order chi connectivity index (χ0) is 19.7. The van der Waals surface area contributed by atoms with Gasteiger partial charge in [0.1, 0.15) is 12.7 Å². The number of hydrogen-bond donors (Lipinski definition) is 2. The molecule has 0 bridgehead atoms. The first kappa shape index (κ1) is 22.5. The van der Waals surface area contributed by atoms with Crippen molar-refractivity contribution in [3.8, 4) is 0 Å². The number of nitrogens with zero attached hydrogens (tertiary/aromatic N) is 4. The molecule has 15 heteroatoms. The summed E-state index contributed by atoms with van der Waals surface area (Å²) in [5.41, 5.74) is 0. The second-order valence-electron chi connectivity index (χ2n) is 3.90. The molecule has 0 unspecified atom stereocenters. The van der Waals surface area contributed by atoms with Crippen LogP contribution in [0.25, 0.3) is 0 Å². The van der Waals surface area contributed by atoms with Gasteiger partial charge >= 0.3 is 20.8 Å². The van der Waals surface area contributed by atoms with E-state index in [0.29, 0.717) is 0 Å². The lowest BCUT2D eigenvalue weighted by Crippen LogP contribution is -2.10. The molecule has 0 aliphatic rings. The standard InChI is InChI=1S/2C5H6N2O.H2O7S2/c2*1-5(8)7-3-2-6-4-7;1-8(2,3)7-9(4,5)6/h2*2-4H,1H3;(H,1,2,3)(H,4,5,6). The number of imidazole rings is 2. The fraction of sp³-hybridized carbons (Fsp3) is 0.200. The van der Waals surface area contributed by atoms with Crippen molar-refractivity contribution in [2.75, 3.05) is 0 Å². The highest BCUT2D eigenvalue weighted by atomic mass is 32.3. The summed E-state index contributed by atoms with van der Waals surface area (Å²) in [5, 5.41) is 0. The van der Waals surface area contributed by atoms with Gasteiger partial charge < -0.3 is 0 Å². The van der Waals surface area contributed by atoms with Crippen molar-refractivity contribution in [1.29, 1.82) is 0 Å². The van der Waals surface area contributed by atoms with Crippen LogP contribution in [0.4, 0.5) is 0 Å². The minimum absolute atomic E-state index is 0.0116. The Morgan fingerprint density at radius 3 is 1.24 bits per heavy atom. The van der Waals surface area contributed by atoms with E-state index in [-0.39, 0.29) is 11.8 Å². The van der Waals surface area contributed by atoms with E-state index in [2.05, 4.69) is 13.6 Å². The van der Waals surface area contributed by atoms with E-state index in [0.717, 1.165) is 0 Å². The number of hydrogen-bond acceptors (Lipinski definition) is 9. The van der Waals surface area contributed by atoms with Crippen molar-refractivity contribution in [3.05, 3.63) is 37.4 Å². The number of carbonyl (C=O) groups is 2. The van der Waals surface area contributed by atoms with E-state index in [9.17, 15) is 26.4 Å². The lowest BCUT2D eigenvalue weighted by atomic mass is 10.7. The van der Waals surface area contributed by atoms with Crippen LogP contribution in [0.5, 0.6) is 0 Å². The summed E-state index contributed by atoms with van der Waals surface area (Å²) < 4.78 is 58.4. The smallest absolute Gasteiger partial charge is 0.277 e. The van der Waals surface area contributed by atoms with Crippen molar-refractivity contribution >= 4 is 32.6 Å². The Morgan fingerprint density at radius 1 is 0.840 bits per heavy atom. The molecule has 0 amide bonds. The Kier molecular flexibility index (Phi) is 8.78. The lowest BCUT2D eigenvalue weighted by molar-refractivity contribution is 0.0927. The molecule has 25 heavy (non-hydrogen) atoms. The minimum atomic E-state index is -5.12. The summed E-state index contributed by atoms with van der Waals surface area (Å²) in [6.07, 6.45) is 9.32. The SMILES string of the molecule is CC(=O)n1ccnc1.CC(=O)n1ccnc1.O=S(=O)(O)OS(=O)(=O)O. The molecule has 0 saturated heterocycles. The van der Waals surface area contributed by atoms with E-state index >= 15 is 0 Å². The van der Waals surface area contributed by atoms with Crippen LogP contribution in [0, 0.1) is 0 Å². The van der Waals surface area contributed by atoms with E-state index in [1.165, 1.54) is 35.6 Å². The first-order valence-corrected chi connectivity index (χ1v) is 8.68. The second kappa shape index (κ2) is 9.74. The van der Waals surface area contributed by atoms with Crippen molar-refractivity contribution in [2.45, 2.75) is 13.8 Å². The third-order valence-electron chi connectivity index (χ3n) is 1.91. The van der Waals surface area contributed by atoms with Crippen LogP contribution in [0.15, 0.2) is 37.4 Å². The fourth-order valence-electron chi connectivity index (χ4n) is 0.999. The molecule has 0 aliphatic carbocycles. The van der Waals surface area contributed by atoms with Gasteiger partial charge in [0.15, 0.2) is 0 Å². The Hall–Kier alpha value is -2.46. The van der Waals surface area contributed by atoms with E-state index < -0.39 is 20.8 Å². The molecule has 0 aliphatic heterocycles. The molecule has 2 N–H and O–H groups in total. The Bertz CT molecular complexity index is 797. The molecule has 2 heterocycles. The largest absolute Gasteiger partial charge is 0.413 e. The van der Waals surface area contributed by atoms with E-state index in [1.807, 2.05) is 0 Å². The zero-order valence-corrected chi connectivity index (χ0v) is 14.5. The molecule has 2 aromatic rings. The average Bonchev–Trinajstić information content (AvgIpc) is 3.10. The van der Waals surface area contributed by atoms with Crippen molar-refractivity contribution in [1.82, 2.24) is 19.1 Å². The molecule has 0 saturated carbocycles. The number of rotatable bonds is 2. The molecule has 2 aromatic heterocycles.